The Balaban J connectivity index is 2.35. The minimum Gasteiger partial charge on any atom is -0.384 e. The van der Waals surface area contributed by atoms with Gasteiger partial charge in [0.05, 0.1) is 10.7 Å². The number of nitrogens with zero attached hydrogens (tertiary/aromatic N) is 1. The van der Waals surface area contributed by atoms with Gasteiger partial charge in [0.2, 0.25) is 0 Å². The van der Waals surface area contributed by atoms with E-state index in [2.05, 4.69) is 18.7 Å². The van der Waals surface area contributed by atoms with Crippen LogP contribution in [0, 0.1) is 5.41 Å². The highest BCUT2D eigenvalue weighted by Gasteiger charge is 2.30. The van der Waals surface area contributed by atoms with Crippen molar-refractivity contribution >= 4 is 23.1 Å². The molecule has 2 rings (SSSR count). The van der Waals surface area contributed by atoms with E-state index in [1.54, 1.807) is 6.07 Å². The number of benzene rings is 1. The molecule has 1 aromatic rings. The molecule has 18 heavy (non-hydrogen) atoms. The Morgan fingerprint density at radius 2 is 2.22 bits per heavy atom. The number of amidine groups is 1. The zero-order valence-corrected chi connectivity index (χ0v) is 11.7. The van der Waals surface area contributed by atoms with Crippen LogP contribution in [0.15, 0.2) is 18.2 Å². The SMILES string of the molecule is CCC1CCC(C)N1c1ccc(C(=N)N)cc1Cl. The molecule has 1 aliphatic rings. The smallest absolute Gasteiger partial charge is 0.122 e. The molecule has 2 unspecified atom stereocenters. The summed E-state index contributed by atoms with van der Waals surface area (Å²) in [6.45, 7) is 4.46. The van der Waals surface area contributed by atoms with Crippen LogP contribution in [-0.2, 0) is 0 Å². The van der Waals surface area contributed by atoms with E-state index < -0.39 is 0 Å². The van der Waals surface area contributed by atoms with Crippen LogP contribution in [0.25, 0.3) is 0 Å². The van der Waals surface area contributed by atoms with Crippen molar-refractivity contribution < 1.29 is 0 Å². The largest absolute Gasteiger partial charge is 0.384 e. The van der Waals surface area contributed by atoms with Gasteiger partial charge in [0.15, 0.2) is 0 Å². The Bertz CT molecular complexity index is 458. The van der Waals surface area contributed by atoms with Crippen molar-refractivity contribution in [2.45, 2.75) is 45.2 Å². The maximum atomic E-state index is 7.43. The zero-order valence-electron chi connectivity index (χ0n) is 10.9. The maximum Gasteiger partial charge on any atom is 0.122 e. The van der Waals surface area contributed by atoms with Gasteiger partial charge in [-0.2, -0.15) is 0 Å². The molecule has 0 saturated carbocycles. The topological polar surface area (TPSA) is 53.1 Å². The van der Waals surface area contributed by atoms with Crippen molar-refractivity contribution in [3.8, 4) is 0 Å². The van der Waals surface area contributed by atoms with Crippen LogP contribution in [0.3, 0.4) is 0 Å². The molecular weight excluding hydrogens is 246 g/mol. The first-order valence-electron chi connectivity index (χ1n) is 6.46. The summed E-state index contributed by atoms with van der Waals surface area (Å²) in [6.07, 6.45) is 3.57. The van der Waals surface area contributed by atoms with Crippen LogP contribution >= 0.6 is 11.6 Å². The third kappa shape index (κ3) is 2.32. The summed E-state index contributed by atoms with van der Waals surface area (Å²) in [5, 5.41) is 8.12. The zero-order chi connectivity index (χ0) is 13.3. The lowest BCUT2D eigenvalue weighted by atomic mass is 10.1. The normalized spacial score (nSPS) is 23.4. The fourth-order valence-corrected chi connectivity index (χ4v) is 3.07. The molecule has 0 radical (unpaired) electrons. The van der Waals surface area contributed by atoms with Gasteiger partial charge in [0.25, 0.3) is 0 Å². The molecule has 1 fully saturated rings. The molecule has 0 spiro atoms. The van der Waals surface area contributed by atoms with Gasteiger partial charge in [-0.15, -0.1) is 0 Å². The van der Waals surface area contributed by atoms with E-state index >= 15 is 0 Å². The Kier molecular flexibility index (Phi) is 3.81. The van der Waals surface area contributed by atoms with Gasteiger partial charge in [-0.05, 0) is 44.4 Å². The summed E-state index contributed by atoms with van der Waals surface area (Å²) < 4.78 is 0. The van der Waals surface area contributed by atoms with E-state index in [4.69, 9.17) is 22.7 Å². The second-order valence-electron chi connectivity index (χ2n) is 4.98. The van der Waals surface area contributed by atoms with Gasteiger partial charge in [-0.1, -0.05) is 18.5 Å². The molecule has 0 bridgehead atoms. The molecule has 3 nitrogen and oxygen atoms in total. The second kappa shape index (κ2) is 5.19. The average Bonchev–Trinajstić information content (AvgIpc) is 2.70. The van der Waals surface area contributed by atoms with Gasteiger partial charge in [-0.3, -0.25) is 5.41 Å². The van der Waals surface area contributed by atoms with E-state index in [9.17, 15) is 0 Å². The fourth-order valence-electron chi connectivity index (χ4n) is 2.79. The van der Waals surface area contributed by atoms with Crippen LogP contribution in [0.2, 0.25) is 5.02 Å². The van der Waals surface area contributed by atoms with Crippen LogP contribution in [0.1, 0.15) is 38.7 Å². The van der Waals surface area contributed by atoms with E-state index in [0.29, 0.717) is 22.7 Å². The summed E-state index contributed by atoms with van der Waals surface area (Å²) in [7, 11) is 0. The number of nitrogens with one attached hydrogen (secondary N) is 1. The summed E-state index contributed by atoms with van der Waals surface area (Å²) >= 11 is 6.35. The van der Waals surface area contributed by atoms with Crippen molar-refractivity contribution in [3.05, 3.63) is 28.8 Å². The average molecular weight is 266 g/mol. The number of hydrogen-bond donors (Lipinski definition) is 2. The Labute approximate surface area is 113 Å². The quantitative estimate of drug-likeness (QED) is 0.650. The van der Waals surface area contributed by atoms with E-state index in [1.165, 1.54) is 12.8 Å². The summed E-state index contributed by atoms with van der Waals surface area (Å²) in [5.74, 6) is 0.0601. The van der Waals surface area contributed by atoms with Gasteiger partial charge < -0.3 is 10.6 Å². The standard InChI is InChI=1S/C14H20ClN3/c1-3-11-6-4-9(2)18(11)13-7-5-10(14(16)17)8-12(13)15/h5,7-9,11H,3-4,6H2,1-2H3,(H3,16,17). The summed E-state index contributed by atoms with van der Waals surface area (Å²) in [4.78, 5) is 2.41. The molecule has 1 saturated heterocycles. The molecule has 2 atom stereocenters. The number of nitrogens with two attached hydrogens (primary N) is 1. The minimum absolute atomic E-state index is 0.0601. The highest BCUT2D eigenvalue weighted by Crippen LogP contribution is 2.36. The first kappa shape index (κ1) is 13.2. The van der Waals surface area contributed by atoms with Gasteiger partial charge in [-0.25, -0.2) is 0 Å². The van der Waals surface area contributed by atoms with E-state index in [1.807, 2.05) is 12.1 Å². The third-order valence-corrected chi connectivity index (χ3v) is 4.10. The Hall–Kier alpha value is -1.22. The lowest BCUT2D eigenvalue weighted by Crippen LogP contribution is -2.34. The molecule has 0 amide bonds. The summed E-state index contributed by atoms with van der Waals surface area (Å²) in [6, 6.07) is 6.75. The molecule has 1 heterocycles. The predicted octanol–water partition coefficient (Wildman–Crippen LogP) is 3.39. The van der Waals surface area contributed by atoms with E-state index in [0.717, 1.165) is 12.1 Å². The fraction of sp³-hybridized carbons (Fsp3) is 0.500. The second-order valence-corrected chi connectivity index (χ2v) is 5.38. The lowest BCUT2D eigenvalue weighted by Gasteiger charge is -2.31. The first-order valence-corrected chi connectivity index (χ1v) is 6.84. The number of anilines is 1. The first-order chi connectivity index (χ1) is 8.54. The van der Waals surface area contributed by atoms with Crippen LogP contribution in [0.4, 0.5) is 5.69 Å². The highest BCUT2D eigenvalue weighted by atomic mass is 35.5. The maximum absolute atomic E-state index is 7.43. The molecule has 1 aromatic carbocycles. The molecule has 1 aliphatic heterocycles. The number of rotatable bonds is 3. The number of halogens is 1. The third-order valence-electron chi connectivity index (χ3n) is 3.79. The van der Waals surface area contributed by atoms with Gasteiger partial charge in [0, 0.05) is 17.6 Å². The molecule has 0 aliphatic carbocycles. The van der Waals surface area contributed by atoms with Crippen molar-refractivity contribution in [1.82, 2.24) is 0 Å². The molecule has 3 N–H and O–H groups in total. The van der Waals surface area contributed by atoms with Gasteiger partial charge in [0.1, 0.15) is 5.84 Å². The highest BCUT2D eigenvalue weighted by molar-refractivity contribution is 6.33. The van der Waals surface area contributed by atoms with Crippen molar-refractivity contribution in [3.63, 3.8) is 0 Å². The predicted molar refractivity (Wildman–Crippen MR) is 77.7 cm³/mol. The van der Waals surface area contributed by atoms with Crippen LogP contribution in [0.5, 0.6) is 0 Å². The molecule has 0 aromatic heterocycles. The van der Waals surface area contributed by atoms with Crippen LogP contribution < -0.4 is 10.6 Å². The summed E-state index contributed by atoms with van der Waals surface area (Å²) in [5.41, 5.74) is 7.23. The lowest BCUT2D eigenvalue weighted by molar-refractivity contribution is 0.628. The van der Waals surface area contributed by atoms with Crippen molar-refractivity contribution in [2.24, 2.45) is 5.73 Å². The minimum atomic E-state index is 0.0601. The number of hydrogen-bond acceptors (Lipinski definition) is 2. The molecule has 4 heteroatoms. The Morgan fingerprint density at radius 1 is 1.50 bits per heavy atom. The monoisotopic (exact) mass is 265 g/mol. The molecular formula is C14H20ClN3. The Morgan fingerprint density at radius 3 is 2.78 bits per heavy atom. The molecule has 98 valence electrons. The van der Waals surface area contributed by atoms with Gasteiger partial charge >= 0.3 is 0 Å². The van der Waals surface area contributed by atoms with Crippen LogP contribution in [-0.4, -0.2) is 17.9 Å². The van der Waals surface area contributed by atoms with Crippen molar-refractivity contribution in [2.75, 3.05) is 4.90 Å². The number of nitrogen functional groups attached to an aromatic ring is 1. The van der Waals surface area contributed by atoms with Crippen molar-refractivity contribution in [1.29, 1.82) is 5.41 Å². The van der Waals surface area contributed by atoms with E-state index in [-0.39, 0.29) is 5.84 Å².